The van der Waals surface area contributed by atoms with E-state index in [1.54, 1.807) is 19.3 Å². The van der Waals surface area contributed by atoms with Crippen molar-refractivity contribution in [3.63, 3.8) is 0 Å². The lowest BCUT2D eigenvalue weighted by molar-refractivity contribution is -0.121. The molecule has 4 N–H and O–H groups in total. The Hall–Kier alpha value is -1.95. The van der Waals surface area contributed by atoms with Gasteiger partial charge in [-0.15, -0.1) is 0 Å². The second-order valence-electron chi connectivity index (χ2n) is 3.76. The molecule has 3 amide bonds. The van der Waals surface area contributed by atoms with Gasteiger partial charge in [-0.05, 0) is 31.0 Å². The summed E-state index contributed by atoms with van der Waals surface area (Å²) < 4.78 is 0. The topological polar surface area (TPSA) is 97.1 Å². The Kier molecular flexibility index (Phi) is 4.59. The van der Waals surface area contributed by atoms with E-state index in [0.717, 1.165) is 11.1 Å². The molecule has 1 aromatic rings. The summed E-state index contributed by atoms with van der Waals surface area (Å²) in [7, 11) is 0. The first kappa shape index (κ1) is 13.1. The number of hydrogen-bond acceptors (Lipinski definition) is 4. The van der Waals surface area contributed by atoms with Crippen LogP contribution in [-0.4, -0.2) is 23.0 Å². The van der Waals surface area contributed by atoms with Crippen LogP contribution in [0.15, 0.2) is 18.5 Å². The van der Waals surface area contributed by atoms with Gasteiger partial charge < -0.3 is 11.1 Å². The van der Waals surface area contributed by atoms with E-state index in [0.29, 0.717) is 6.54 Å². The number of amides is 3. The number of hydrogen-bond donors (Lipinski definition) is 3. The molecule has 0 aliphatic rings. The molecule has 6 nitrogen and oxygen atoms in total. The third-order valence-corrected chi connectivity index (χ3v) is 2.39. The number of imide groups is 1. The SMILES string of the molecule is Cc1ccncc1CNC(C)C(=O)NC(N)=O. The van der Waals surface area contributed by atoms with Gasteiger partial charge in [-0.2, -0.15) is 0 Å². The molecule has 0 saturated heterocycles. The number of nitrogens with zero attached hydrogens (tertiary/aromatic N) is 1. The second-order valence-corrected chi connectivity index (χ2v) is 3.76. The average molecular weight is 236 g/mol. The highest BCUT2D eigenvalue weighted by atomic mass is 16.2. The van der Waals surface area contributed by atoms with Gasteiger partial charge in [0.05, 0.1) is 6.04 Å². The van der Waals surface area contributed by atoms with Crippen molar-refractivity contribution in [2.45, 2.75) is 26.4 Å². The molecule has 92 valence electrons. The molecule has 6 heteroatoms. The minimum absolute atomic E-state index is 0.445. The van der Waals surface area contributed by atoms with Crippen molar-refractivity contribution in [2.24, 2.45) is 5.73 Å². The number of nitrogens with one attached hydrogen (secondary N) is 2. The highest BCUT2D eigenvalue weighted by molar-refractivity contribution is 5.96. The molecule has 0 bridgehead atoms. The molecule has 0 aliphatic carbocycles. The molecule has 0 spiro atoms. The van der Waals surface area contributed by atoms with Crippen LogP contribution in [0.5, 0.6) is 0 Å². The van der Waals surface area contributed by atoms with Crippen molar-refractivity contribution < 1.29 is 9.59 Å². The number of carbonyl (C=O) groups is 2. The monoisotopic (exact) mass is 236 g/mol. The third kappa shape index (κ3) is 4.20. The highest BCUT2D eigenvalue weighted by Gasteiger charge is 2.13. The number of aromatic nitrogens is 1. The fourth-order valence-electron chi connectivity index (χ4n) is 1.27. The molecular formula is C11H16N4O2. The van der Waals surface area contributed by atoms with Crippen LogP contribution in [0.4, 0.5) is 4.79 Å². The number of primary amides is 1. The van der Waals surface area contributed by atoms with Gasteiger partial charge in [0.2, 0.25) is 5.91 Å². The maximum Gasteiger partial charge on any atom is 0.318 e. The molecule has 0 aromatic carbocycles. The van der Waals surface area contributed by atoms with Crippen LogP contribution in [0.3, 0.4) is 0 Å². The zero-order chi connectivity index (χ0) is 12.8. The Morgan fingerprint density at radius 2 is 2.24 bits per heavy atom. The summed E-state index contributed by atoms with van der Waals surface area (Å²) in [6, 6.07) is 0.550. The van der Waals surface area contributed by atoms with Gasteiger partial charge in [-0.1, -0.05) is 0 Å². The molecule has 0 radical (unpaired) electrons. The largest absolute Gasteiger partial charge is 0.351 e. The van der Waals surface area contributed by atoms with Gasteiger partial charge in [0.1, 0.15) is 0 Å². The van der Waals surface area contributed by atoms with Crippen LogP contribution in [0.1, 0.15) is 18.1 Å². The predicted octanol–water partition coefficient (Wildman–Crippen LogP) is 0.0630. The molecule has 1 unspecified atom stereocenters. The van der Waals surface area contributed by atoms with Crippen LogP contribution in [0.2, 0.25) is 0 Å². The first-order chi connectivity index (χ1) is 8.00. The van der Waals surface area contributed by atoms with E-state index in [-0.39, 0.29) is 0 Å². The fourth-order valence-corrected chi connectivity index (χ4v) is 1.27. The van der Waals surface area contributed by atoms with Crippen LogP contribution >= 0.6 is 0 Å². The third-order valence-electron chi connectivity index (χ3n) is 2.39. The van der Waals surface area contributed by atoms with E-state index in [1.165, 1.54) is 0 Å². The molecule has 1 rings (SSSR count). The molecule has 0 aliphatic heterocycles. The van der Waals surface area contributed by atoms with E-state index in [2.05, 4.69) is 10.3 Å². The Bertz CT molecular complexity index is 420. The van der Waals surface area contributed by atoms with E-state index >= 15 is 0 Å². The van der Waals surface area contributed by atoms with E-state index in [4.69, 9.17) is 5.73 Å². The van der Waals surface area contributed by atoms with Gasteiger partial charge >= 0.3 is 6.03 Å². The summed E-state index contributed by atoms with van der Waals surface area (Å²) in [5.41, 5.74) is 6.95. The van der Waals surface area contributed by atoms with E-state index in [9.17, 15) is 9.59 Å². The fraction of sp³-hybridized carbons (Fsp3) is 0.364. The second kappa shape index (κ2) is 5.95. The first-order valence-electron chi connectivity index (χ1n) is 5.24. The molecule has 17 heavy (non-hydrogen) atoms. The quantitative estimate of drug-likeness (QED) is 0.688. The molecule has 1 heterocycles. The predicted molar refractivity (Wildman–Crippen MR) is 63.0 cm³/mol. The van der Waals surface area contributed by atoms with Crippen LogP contribution in [-0.2, 0) is 11.3 Å². The standard InChI is InChI=1S/C11H16N4O2/c1-7-3-4-13-5-9(7)6-14-8(2)10(16)15-11(12)17/h3-5,8,14H,6H2,1-2H3,(H3,12,15,16,17). The van der Waals surface area contributed by atoms with Gasteiger partial charge in [-0.25, -0.2) is 4.79 Å². The summed E-state index contributed by atoms with van der Waals surface area (Å²) in [6.45, 7) is 4.13. The Morgan fingerprint density at radius 1 is 1.53 bits per heavy atom. The normalized spacial score (nSPS) is 11.9. The Morgan fingerprint density at radius 3 is 2.82 bits per heavy atom. The van der Waals surface area contributed by atoms with Crippen molar-refractivity contribution in [3.8, 4) is 0 Å². The summed E-state index contributed by atoms with van der Waals surface area (Å²) in [6.07, 6.45) is 3.45. The van der Waals surface area contributed by atoms with Crippen molar-refractivity contribution in [1.29, 1.82) is 0 Å². The average Bonchev–Trinajstić information content (AvgIpc) is 2.26. The minimum atomic E-state index is -0.846. The molecule has 1 aromatic heterocycles. The Balaban J connectivity index is 2.48. The van der Waals surface area contributed by atoms with Crippen molar-refractivity contribution in [2.75, 3.05) is 0 Å². The lowest BCUT2D eigenvalue weighted by Crippen LogP contribution is -2.46. The van der Waals surface area contributed by atoms with E-state index in [1.807, 2.05) is 18.3 Å². The molecule has 0 saturated carbocycles. The lowest BCUT2D eigenvalue weighted by atomic mass is 10.1. The smallest absolute Gasteiger partial charge is 0.318 e. The maximum absolute atomic E-state index is 11.4. The van der Waals surface area contributed by atoms with Gasteiger partial charge in [0, 0.05) is 18.9 Å². The van der Waals surface area contributed by atoms with Crippen LogP contribution < -0.4 is 16.4 Å². The van der Waals surface area contributed by atoms with Gasteiger partial charge in [-0.3, -0.25) is 15.1 Å². The number of nitrogens with two attached hydrogens (primary N) is 1. The molecular weight excluding hydrogens is 220 g/mol. The minimum Gasteiger partial charge on any atom is -0.351 e. The molecule has 1 atom stereocenters. The van der Waals surface area contributed by atoms with Crippen molar-refractivity contribution in [1.82, 2.24) is 15.6 Å². The summed E-state index contributed by atoms with van der Waals surface area (Å²) >= 11 is 0. The highest BCUT2D eigenvalue weighted by Crippen LogP contribution is 2.04. The summed E-state index contributed by atoms with van der Waals surface area (Å²) in [5.74, 6) is -0.445. The van der Waals surface area contributed by atoms with Crippen molar-refractivity contribution in [3.05, 3.63) is 29.6 Å². The van der Waals surface area contributed by atoms with Crippen molar-refractivity contribution >= 4 is 11.9 Å². The lowest BCUT2D eigenvalue weighted by Gasteiger charge is -2.13. The summed E-state index contributed by atoms with van der Waals surface area (Å²) in [5, 5.41) is 5.00. The van der Waals surface area contributed by atoms with Crippen LogP contribution in [0, 0.1) is 6.92 Å². The summed E-state index contributed by atoms with van der Waals surface area (Å²) in [4.78, 5) is 25.9. The molecule has 0 fully saturated rings. The number of carbonyl (C=O) groups excluding carboxylic acids is 2. The first-order valence-corrected chi connectivity index (χ1v) is 5.24. The number of urea groups is 1. The van der Waals surface area contributed by atoms with Gasteiger partial charge in [0.15, 0.2) is 0 Å². The van der Waals surface area contributed by atoms with E-state index < -0.39 is 18.0 Å². The number of rotatable bonds is 4. The van der Waals surface area contributed by atoms with Crippen LogP contribution in [0.25, 0.3) is 0 Å². The zero-order valence-electron chi connectivity index (χ0n) is 9.86. The maximum atomic E-state index is 11.4. The number of pyridine rings is 1. The Labute approximate surface area is 99.6 Å². The number of aryl methyl sites for hydroxylation is 1. The van der Waals surface area contributed by atoms with Gasteiger partial charge in [0.25, 0.3) is 0 Å². The zero-order valence-corrected chi connectivity index (χ0v) is 9.86.